The van der Waals surface area contributed by atoms with Gasteiger partial charge < -0.3 is 14.6 Å². The Morgan fingerprint density at radius 2 is 1.85 bits per heavy atom. The molecule has 0 fully saturated rings. The lowest BCUT2D eigenvalue weighted by molar-refractivity contribution is -0.0513. The number of hydrogen-bond donors (Lipinski definition) is 1. The van der Waals surface area contributed by atoms with Gasteiger partial charge in [-0.05, 0) is 30.0 Å². The molecule has 20 heavy (non-hydrogen) atoms. The molecule has 0 heterocycles. The minimum Gasteiger partial charge on any atom is -0.493 e. The van der Waals surface area contributed by atoms with E-state index in [1.165, 1.54) is 19.2 Å². The molecule has 114 valence electrons. The fourth-order valence-electron chi connectivity index (χ4n) is 1.97. The van der Waals surface area contributed by atoms with Gasteiger partial charge in [0.15, 0.2) is 11.5 Å². The predicted molar refractivity (Wildman–Crippen MR) is 73.3 cm³/mol. The summed E-state index contributed by atoms with van der Waals surface area (Å²) >= 11 is 0. The Bertz CT molecular complexity index is 408. The van der Waals surface area contributed by atoms with Crippen molar-refractivity contribution in [1.29, 1.82) is 0 Å². The zero-order valence-corrected chi connectivity index (χ0v) is 12.1. The molecule has 0 bridgehead atoms. The normalized spacial score (nSPS) is 12.8. The maximum absolute atomic E-state index is 12.3. The van der Waals surface area contributed by atoms with E-state index in [0.29, 0.717) is 17.9 Å². The minimum atomic E-state index is -2.92. The van der Waals surface area contributed by atoms with Crippen LogP contribution in [0.25, 0.3) is 0 Å². The number of halogens is 2. The first-order chi connectivity index (χ1) is 9.43. The summed E-state index contributed by atoms with van der Waals surface area (Å²) in [6.45, 7) is 1.32. The van der Waals surface area contributed by atoms with Gasteiger partial charge in [-0.3, -0.25) is 0 Å². The van der Waals surface area contributed by atoms with E-state index in [1.807, 2.05) is 0 Å². The molecule has 0 aromatic heterocycles. The van der Waals surface area contributed by atoms with Crippen molar-refractivity contribution >= 4 is 0 Å². The van der Waals surface area contributed by atoms with E-state index in [1.54, 1.807) is 6.07 Å². The van der Waals surface area contributed by atoms with E-state index in [0.717, 1.165) is 12.8 Å². The first-order valence-corrected chi connectivity index (χ1v) is 6.74. The summed E-state index contributed by atoms with van der Waals surface area (Å²) in [5.74, 6) is 0.752. The summed E-state index contributed by atoms with van der Waals surface area (Å²) in [5.41, 5.74) is 0.560. The van der Waals surface area contributed by atoms with Crippen molar-refractivity contribution in [3.8, 4) is 11.5 Å². The number of ether oxygens (including phenoxy) is 2. The van der Waals surface area contributed by atoms with Gasteiger partial charge in [0.1, 0.15) is 0 Å². The quantitative estimate of drug-likeness (QED) is 0.780. The second-order valence-electron chi connectivity index (χ2n) is 5.13. The lowest BCUT2D eigenvalue weighted by Crippen LogP contribution is -2.05. The molecule has 1 atom stereocenters. The molecule has 1 rings (SSSR count). The van der Waals surface area contributed by atoms with Crippen LogP contribution < -0.4 is 9.47 Å². The molecule has 0 amide bonds. The standard InChI is InChI=1S/C15H22F2O3/c1-10(2)5-4-6-12(18)11-7-8-13(19-3)14(9-11)20-15(16)17/h7-10,12,15,18H,4-6H2,1-3H3. The smallest absolute Gasteiger partial charge is 0.387 e. The lowest BCUT2D eigenvalue weighted by atomic mass is 10.00. The van der Waals surface area contributed by atoms with Gasteiger partial charge >= 0.3 is 6.61 Å². The van der Waals surface area contributed by atoms with Crippen LogP contribution in [-0.2, 0) is 0 Å². The summed E-state index contributed by atoms with van der Waals surface area (Å²) in [7, 11) is 1.38. The average molecular weight is 288 g/mol. The lowest BCUT2D eigenvalue weighted by Gasteiger charge is -2.15. The molecule has 1 unspecified atom stereocenters. The van der Waals surface area contributed by atoms with Gasteiger partial charge in [-0.25, -0.2) is 0 Å². The number of hydrogen-bond acceptors (Lipinski definition) is 3. The maximum atomic E-state index is 12.3. The molecule has 0 saturated heterocycles. The number of methoxy groups -OCH3 is 1. The Kier molecular flexibility index (Phi) is 6.71. The Hall–Kier alpha value is -1.36. The average Bonchev–Trinajstić information content (AvgIpc) is 2.37. The zero-order chi connectivity index (χ0) is 15.1. The first-order valence-electron chi connectivity index (χ1n) is 6.74. The monoisotopic (exact) mass is 288 g/mol. The largest absolute Gasteiger partial charge is 0.493 e. The summed E-state index contributed by atoms with van der Waals surface area (Å²) in [6.07, 6.45) is 1.82. The topological polar surface area (TPSA) is 38.7 Å². The molecule has 0 spiro atoms. The summed E-state index contributed by atoms with van der Waals surface area (Å²) in [5, 5.41) is 10.1. The summed E-state index contributed by atoms with van der Waals surface area (Å²) < 4.78 is 34.0. The SMILES string of the molecule is COc1ccc(C(O)CCCC(C)C)cc1OC(F)F. The van der Waals surface area contributed by atoms with Crippen LogP contribution in [0.1, 0.15) is 44.8 Å². The fourth-order valence-corrected chi connectivity index (χ4v) is 1.97. The van der Waals surface area contributed by atoms with Crippen molar-refractivity contribution < 1.29 is 23.4 Å². The van der Waals surface area contributed by atoms with Gasteiger partial charge in [-0.15, -0.1) is 0 Å². The second-order valence-corrected chi connectivity index (χ2v) is 5.13. The first kappa shape index (κ1) is 16.7. The van der Waals surface area contributed by atoms with Crippen molar-refractivity contribution in [2.45, 2.75) is 45.8 Å². The predicted octanol–water partition coefficient (Wildman–Crippen LogP) is 4.16. The maximum Gasteiger partial charge on any atom is 0.387 e. The van der Waals surface area contributed by atoms with Gasteiger partial charge in [-0.1, -0.05) is 32.8 Å². The van der Waals surface area contributed by atoms with Crippen LogP contribution in [0.4, 0.5) is 8.78 Å². The molecule has 0 saturated carbocycles. The molecular formula is C15H22F2O3. The van der Waals surface area contributed by atoms with Crippen LogP contribution in [0.3, 0.4) is 0 Å². The van der Waals surface area contributed by atoms with Gasteiger partial charge in [0.25, 0.3) is 0 Å². The molecule has 0 aliphatic rings. The van der Waals surface area contributed by atoms with Crippen LogP contribution >= 0.6 is 0 Å². The molecule has 1 N–H and O–H groups in total. The van der Waals surface area contributed by atoms with Crippen LogP contribution in [0.2, 0.25) is 0 Å². The van der Waals surface area contributed by atoms with Crippen molar-refractivity contribution in [2.24, 2.45) is 5.92 Å². The third kappa shape index (κ3) is 5.33. The Balaban J connectivity index is 2.74. The zero-order valence-electron chi connectivity index (χ0n) is 12.1. The van der Waals surface area contributed by atoms with E-state index < -0.39 is 12.7 Å². The van der Waals surface area contributed by atoms with Crippen LogP contribution in [-0.4, -0.2) is 18.8 Å². The van der Waals surface area contributed by atoms with E-state index in [-0.39, 0.29) is 11.5 Å². The number of aliphatic hydroxyl groups is 1. The van der Waals surface area contributed by atoms with Crippen LogP contribution in [0, 0.1) is 5.92 Å². The third-order valence-electron chi connectivity index (χ3n) is 3.05. The van der Waals surface area contributed by atoms with Crippen LogP contribution in [0.5, 0.6) is 11.5 Å². The van der Waals surface area contributed by atoms with Gasteiger partial charge in [-0.2, -0.15) is 8.78 Å². The van der Waals surface area contributed by atoms with E-state index >= 15 is 0 Å². The molecule has 1 aromatic rings. The number of aliphatic hydroxyl groups excluding tert-OH is 1. The Morgan fingerprint density at radius 3 is 2.40 bits per heavy atom. The molecule has 1 aromatic carbocycles. The number of rotatable bonds is 8. The Labute approximate surface area is 118 Å². The summed E-state index contributed by atoms with van der Waals surface area (Å²) in [4.78, 5) is 0. The molecule has 0 aliphatic heterocycles. The Morgan fingerprint density at radius 1 is 1.15 bits per heavy atom. The highest BCUT2D eigenvalue weighted by Crippen LogP contribution is 2.32. The van der Waals surface area contributed by atoms with E-state index in [4.69, 9.17) is 4.74 Å². The van der Waals surface area contributed by atoms with Gasteiger partial charge in [0.05, 0.1) is 13.2 Å². The molecule has 3 nitrogen and oxygen atoms in total. The highest BCUT2D eigenvalue weighted by Gasteiger charge is 2.15. The van der Waals surface area contributed by atoms with Gasteiger partial charge in [0, 0.05) is 0 Å². The van der Waals surface area contributed by atoms with Crippen molar-refractivity contribution in [2.75, 3.05) is 7.11 Å². The van der Waals surface area contributed by atoms with Crippen molar-refractivity contribution in [3.63, 3.8) is 0 Å². The molecular weight excluding hydrogens is 266 g/mol. The molecule has 0 aliphatic carbocycles. The van der Waals surface area contributed by atoms with Gasteiger partial charge in [0.2, 0.25) is 0 Å². The third-order valence-corrected chi connectivity index (χ3v) is 3.05. The molecule has 0 radical (unpaired) electrons. The highest BCUT2D eigenvalue weighted by molar-refractivity contribution is 5.43. The number of alkyl halides is 2. The van der Waals surface area contributed by atoms with Crippen LogP contribution in [0.15, 0.2) is 18.2 Å². The minimum absolute atomic E-state index is 0.0529. The summed E-state index contributed by atoms with van der Waals surface area (Å²) in [6, 6.07) is 4.60. The molecule has 5 heteroatoms. The number of benzene rings is 1. The van der Waals surface area contributed by atoms with E-state index in [2.05, 4.69) is 18.6 Å². The highest BCUT2D eigenvalue weighted by atomic mass is 19.3. The fraction of sp³-hybridized carbons (Fsp3) is 0.600. The second kappa shape index (κ2) is 8.04. The van der Waals surface area contributed by atoms with Crippen molar-refractivity contribution in [1.82, 2.24) is 0 Å². The van der Waals surface area contributed by atoms with Crippen molar-refractivity contribution in [3.05, 3.63) is 23.8 Å². The van der Waals surface area contributed by atoms with E-state index in [9.17, 15) is 13.9 Å².